The molecule has 2 aliphatic rings. The number of likely N-dealkylation sites (tertiary alicyclic amines) is 1. The predicted molar refractivity (Wildman–Crippen MR) is 106 cm³/mol. The second-order valence-corrected chi connectivity index (χ2v) is 8.24. The monoisotopic (exact) mass is 407 g/mol. The Labute approximate surface area is 169 Å². The number of aromatic nitrogens is 2. The highest BCUT2D eigenvalue weighted by atomic mass is 35.5. The topological polar surface area (TPSA) is 47.4 Å². The molecular formula is C20H23Cl2N3O2. The molecule has 1 aromatic carbocycles. The Kier molecular flexibility index (Phi) is 5.33. The molecule has 1 saturated heterocycles. The van der Waals surface area contributed by atoms with Gasteiger partial charge in [0, 0.05) is 36.7 Å². The van der Waals surface area contributed by atoms with Crippen LogP contribution in [0.15, 0.2) is 24.3 Å². The van der Waals surface area contributed by atoms with Crippen LogP contribution in [0.5, 0.6) is 5.88 Å². The van der Waals surface area contributed by atoms with E-state index in [2.05, 4.69) is 5.10 Å². The Morgan fingerprint density at radius 2 is 1.96 bits per heavy atom. The number of carbonyl (C=O) groups is 1. The summed E-state index contributed by atoms with van der Waals surface area (Å²) in [6, 6.07) is 7.31. The molecular weight excluding hydrogens is 385 g/mol. The van der Waals surface area contributed by atoms with Gasteiger partial charge in [-0.2, -0.15) is 0 Å². The van der Waals surface area contributed by atoms with Gasteiger partial charge in [0.05, 0.1) is 22.3 Å². The van der Waals surface area contributed by atoms with Crippen molar-refractivity contribution in [2.75, 3.05) is 19.7 Å². The Morgan fingerprint density at radius 1 is 1.19 bits per heavy atom. The van der Waals surface area contributed by atoms with Crippen molar-refractivity contribution in [3.63, 3.8) is 0 Å². The van der Waals surface area contributed by atoms with Crippen molar-refractivity contribution in [3.05, 3.63) is 40.0 Å². The first-order valence-electron chi connectivity index (χ1n) is 9.46. The SMILES string of the molecule is Cc1cc(OC[C@@H]2CC[C@@H]2C(=O)N2CCCC2)nn1-c1ccc(Cl)c(Cl)c1. The number of hydrogen-bond donors (Lipinski definition) is 0. The van der Waals surface area contributed by atoms with Crippen LogP contribution in [-0.4, -0.2) is 40.3 Å². The summed E-state index contributed by atoms with van der Waals surface area (Å²) < 4.78 is 7.71. The molecule has 5 nitrogen and oxygen atoms in total. The molecule has 1 aliphatic carbocycles. The molecule has 0 unspecified atom stereocenters. The molecule has 1 aromatic heterocycles. The second-order valence-electron chi connectivity index (χ2n) is 7.42. The second kappa shape index (κ2) is 7.72. The molecule has 4 rings (SSSR count). The molecule has 2 fully saturated rings. The van der Waals surface area contributed by atoms with Gasteiger partial charge in [-0.1, -0.05) is 23.2 Å². The van der Waals surface area contributed by atoms with Crippen molar-refractivity contribution in [1.29, 1.82) is 0 Å². The number of halogens is 2. The number of benzene rings is 1. The first-order chi connectivity index (χ1) is 13.0. The van der Waals surface area contributed by atoms with E-state index in [1.807, 2.05) is 24.0 Å². The molecule has 7 heteroatoms. The Hall–Kier alpha value is -1.72. The maximum absolute atomic E-state index is 12.6. The van der Waals surface area contributed by atoms with Gasteiger partial charge in [0.2, 0.25) is 11.8 Å². The van der Waals surface area contributed by atoms with E-state index in [0.717, 1.165) is 50.2 Å². The van der Waals surface area contributed by atoms with Crippen molar-refractivity contribution in [1.82, 2.24) is 14.7 Å². The van der Waals surface area contributed by atoms with E-state index >= 15 is 0 Å². The van der Waals surface area contributed by atoms with E-state index < -0.39 is 0 Å². The molecule has 0 radical (unpaired) electrons. The molecule has 0 spiro atoms. The Morgan fingerprint density at radius 3 is 2.63 bits per heavy atom. The number of carbonyl (C=O) groups excluding carboxylic acids is 1. The lowest BCUT2D eigenvalue weighted by Crippen LogP contribution is -2.44. The summed E-state index contributed by atoms with van der Waals surface area (Å²) in [6.07, 6.45) is 4.27. The van der Waals surface area contributed by atoms with Gasteiger partial charge in [-0.25, -0.2) is 4.68 Å². The van der Waals surface area contributed by atoms with Crippen LogP contribution in [-0.2, 0) is 4.79 Å². The largest absolute Gasteiger partial charge is 0.476 e. The van der Waals surface area contributed by atoms with Gasteiger partial charge in [0.1, 0.15) is 0 Å². The van der Waals surface area contributed by atoms with Gasteiger partial charge in [0.25, 0.3) is 0 Å². The molecule has 1 saturated carbocycles. The third kappa shape index (κ3) is 3.81. The molecule has 2 heterocycles. The Balaban J connectivity index is 1.39. The van der Waals surface area contributed by atoms with E-state index in [9.17, 15) is 4.79 Å². The summed E-state index contributed by atoms with van der Waals surface area (Å²) in [5, 5.41) is 5.53. The molecule has 2 aromatic rings. The van der Waals surface area contributed by atoms with Crippen LogP contribution in [0.4, 0.5) is 0 Å². The first kappa shape index (κ1) is 18.6. The van der Waals surface area contributed by atoms with Gasteiger partial charge < -0.3 is 9.64 Å². The fourth-order valence-electron chi connectivity index (χ4n) is 3.85. The average Bonchev–Trinajstić information content (AvgIpc) is 3.26. The third-order valence-corrected chi connectivity index (χ3v) is 6.35. The first-order valence-corrected chi connectivity index (χ1v) is 10.2. The standard InChI is InChI=1S/C20H23Cl2N3O2/c1-13-10-19(23-25(13)15-5-7-17(21)18(22)11-15)27-12-14-4-6-16(14)20(26)24-8-2-3-9-24/h5,7,10-11,14,16H,2-4,6,8-9,12H2,1H3/t14-,16-/m0/s1. The summed E-state index contributed by atoms with van der Waals surface area (Å²) >= 11 is 12.1. The highest BCUT2D eigenvalue weighted by Gasteiger charge is 2.39. The highest BCUT2D eigenvalue weighted by Crippen LogP contribution is 2.37. The zero-order valence-corrected chi connectivity index (χ0v) is 16.8. The molecule has 27 heavy (non-hydrogen) atoms. The zero-order chi connectivity index (χ0) is 19.0. The van der Waals surface area contributed by atoms with E-state index in [1.54, 1.807) is 16.8 Å². The van der Waals surface area contributed by atoms with Gasteiger partial charge in [0.15, 0.2) is 0 Å². The molecule has 144 valence electrons. The van der Waals surface area contributed by atoms with Crippen LogP contribution in [0.25, 0.3) is 5.69 Å². The summed E-state index contributed by atoms with van der Waals surface area (Å²) in [5.74, 6) is 1.28. The molecule has 1 amide bonds. The quantitative estimate of drug-likeness (QED) is 0.731. The zero-order valence-electron chi connectivity index (χ0n) is 15.3. The van der Waals surface area contributed by atoms with Crippen molar-refractivity contribution in [2.45, 2.75) is 32.6 Å². The van der Waals surface area contributed by atoms with Gasteiger partial charge in [-0.05, 0) is 50.8 Å². The normalized spacial score (nSPS) is 22.0. The minimum atomic E-state index is 0.112. The number of hydrogen-bond acceptors (Lipinski definition) is 3. The molecule has 1 aliphatic heterocycles. The maximum atomic E-state index is 12.6. The van der Waals surface area contributed by atoms with Gasteiger partial charge in [-0.3, -0.25) is 4.79 Å². The van der Waals surface area contributed by atoms with Crippen molar-refractivity contribution >= 4 is 29.1 Å². The number of nitrogens with zero attached hydrogens (tertiary/aromatic N) is 3. The smallest absolute Gasteiger partial charge is 0.233 e. The Bertz CT molecular complexity index is 846. The van der Waals surface area contributed by atoms with Crippen LogP contribution in [0, 0.1) is 18.8 Å². The average molecular weight is 408 g/mol. The van der Waals surface area contributed by atoms with Crippen molar-refractivity contribution < 1.29 is 9.53 Å². The van der Waals surface area contributed by atoms with Gasteiger partial charge in [-0.15, -0.1) is 5.10 Å². The van der Waals surface area contributed by atoms with Crippen LogP contribution in [0.3, 0.4) is 0 Å². The molecule has 2 atom stereocenters. The van der Waals surface area contributed by atoms with Crippen molar-refractivity contribution in [3.8, 4) is 11.6 Å². The van der Waals surface area contributed by atoms with E-state index in [-0.39, 0.29) is 11.8 Å². The molecule has 0 N–H and O–H groups in total. The number of rotatable bonds is 5. The summed E-state index contributed by atoms with van der Waals surface area (Å²) in [7, 11) is 0. The van der Waals surface area contributed by atoms with Crippen LogP contribution >= 0.6 is 23.2 Å². The fourth-order valence-corrected chi connectivity index (χ4v) is 4.15. The lowest BCUT2D eigenvalue weighted by Gasteiger charge is -2.37. The van der Waals surface area contributed by atoms with E-state index in [4.69, 9.17) is 27.9 Å². The number of ether oxygens (including phenoxy) is 1. The molecule has 0 bridgehead atoms. The van der Waals surface area contributed by atoms with Gasteiger partial charge >= 0.3 is 0 Å². The highest BCUT2D eigenvalue weighted by molar-refractivity contribution is 6.42. The lowest BCUT2D eigenvalue weighted by atomic mass is 9.73. The van der Waals surface area contributed by atoms with E-state index in [0.29, 0.717) is 28.4 Å². The summed E-state index contributed by atoms with van der Waals surface area (Å²) in [6.45, 7) is 4.32. The van der Waals surface area contributed by atoms with Crippen LogP contribution in [0.2, 0.25) is 10.0 Å². The minimum Gasteiger partial charge on any atom is -0.476 e. The number of aryl methyl sites for hydroxylation is 1. The lowest BCUT2D eigenvalue weighted by molar-refractivity contribution is -0.141. The van der Waals surface area contributed by atoms with Crippen LogP contribution < -0.4 is 4.74 Å². The summed E-state index contributed by atoms with van der Waals surface area (Å²) in [5.41, 5.74) is 1.78. The number of amides is 1. The van der Waals surface area contributed by atoms with E-state index in [1.165, 1.54) is 0 Å². The summed E-state index contributed by atoms with van der Waals surface area (Å²) in [4.78, 5) is 14.6. The van der Waals surface area contributed by atoms with Crippen LogP contribution in [0.1, 0.15) is 31.4 Å². The minimum absolute atomic E-state index is 0.112. The van der Waals surface area contributed by atoms with Crippen molar-refractivity contribution in [2.24, 2.45) is 11.8 Å². The maximum Gasteiger partial charge on any atom is 0.233 e. The third-order valence-electron chi connectivity index (χ3n) is 5.61. The fraction of sp³-hybridized carbons (Fsp3) is 0.500. The predicted octanol–water partition coefficient (Wildman–Crippen LogP) is 4.51.